The Morgan fingerprint density at radius 1 is 1.14 bits per heavy atom. The van der Waals surface area contributed by atoms with Gasteiger partial charge in [0.05, 0.1) is 5.56 Å². The van der Waals surface area contributed by atoms with Crippen LogP contribution in [0.4, 0.5) is 5.82 Å². The number of aryl methyl sites for hydroxylation is 1. The van der Waals surface area contributed by atoms with Crippen LogP contribution in [0.3, 0.4) is 0 Å². The fourth-order valence-corrected chi connectivity index (χ4v) is 2.48. The van der Waals surface area contributed by atoms with Crippen LogP contribution in [0.5, 0.6) is 0 Å². The molecule has 1 aliphatic heterocycles. The summed E-state index contributed by atoms with van der Waals surface area (Å²) in [6, 6.07) is 7.42. The van der Waals surface area contributed by atoms with Gasteiger partial charge >= 0.3 is 11.7 Å². The summed E-state index contributed by atoms with van der Waals surface area (Å²) < 4.78 is 0. The molecule has 1 aromatic heterocycles. The lowest BCUT2D eigenvalue weighted by molar-refractivity contribution is -0.132. The summed E-state index contributed by atoms with van der Waals surface area (Å²) in [5.41, 5.74) is 0.788. The number of carbonyl (C=O) groups is 1. The molecular formula is C15H13N3O4. The Balaban J connectivity index is 2.24. The molecule has 22 heavy (non-hydrogen) atoms. The van der Waals surface area contributed by atoms with E-state index in [0.29, 0.717) is 0 Å². The molecule has 1 aliphatic rings. The van der Waals surface area contributed by atoms with Crippen LogP contribution in [0.25, 0.3) is 0 Å². The van der Waals surface area contributed by atoms with Gasteiger partial charge in [0.15, 0.2) is 0 Å². The molecule has 2 heterocycles. The Morgan fingerprint density at radius 3 is 2.45 bits per heavy atom. The average Bonchev–Trinajstić information content (AvgIpc) is 2.46. The lowest BCUT2D eigenvalue weighted by Gasteiger charge is -2.23. The number of aromatic nitrogens is 2. The van der Waals surface area contributed by atoms with Gasteiger partial charge in [-0.15, -0.1) is 0 Å². The lowest BCUT2D eigenvalue weighted by atomic mass is 9.89. The molecule has 4 N–H and O–H groups in total. The molecule has 7 heteroatoms. The van der Waals surface area contributed by atoms with Gasteiger partial charge in [-0.1, -0.05) is 29.8 Å². The van der Waals surface area contributed by atoms with Gasteiger partial charge in [0.1, 0.15) is 11.5 Å². The number of carboxylic acids is 1. The van der Waals surface area contributed by atoms with Crippen molar-refractivity contribution in [2.75, 3.05) is 5.32 Å². The molecule has 0 radical (unpaired) electrons. The van der Waals surface area contributed by atoms with Crippen molar-refractivity contribution in [1.82, 2.24) is 9.97 Å². The monoisotopic (exact) mass is 299 g/mol. The van der Waals surface area contributed by atoms with E-state index in [1.165, 1.54) is 6.08 Å². The molecule has 0 aliphatic carbocycles. The maximum absolute atomic E-state index is 12.1. The first kappa shape index (κ1) is 13.9. The molecule has 1 unspecified atom stereocenters. The van der Waals surface area contributed by atoms with Gasteiger partial charge in [-0.3, -0.25) is 14.8 Å². The fourth-order valence-electron chi connectivity index (χ4n) is 2.48. The van der Waals surface area contributed by atoms with Crippen LogP contribution in [-0.2, 0) is 4.79 Å². The number of nitrogens with one attached hydrogen (secondary N) is 3. The van der Waals surface area contributed by atoms with Crippen LogP contribution in [0.2, 0.25) is 0 Å². The maximum Gasteiger partial charge on any atom is 0.352 e. The molecule has 0 spiro atoms. The highest BCUT2D eigenvalue weighted by atomic mass is 16.4. The molecule has 0 fully saturated rings. The Labute approximate surface area is 124 Å². The topological polar surface area (TPSA) is 115 Å². The van der Waals surface area contributed by atoms with E-state index in [0.717, 1.165) is 11.1 Å². The summed E-state index contributed by atoms with van der Waals surface area (Å²) in [7, 11) is 0. The number of hydrogen-bond donors (Lipinski definition) is 4. The van der Waals surface area contributed by atoms with Gasteiger partial charge in [-0.05, 0) is 18.6 Å². The molecule has 2 aromatic rings. The predicted octanol–water partition coefficient (Wildman–Crippen LogP) is 0.898. The fraction of sp³-hybridized carbons (Fsp3) is 0.133. The average molecular weight is 299 g/mol. The van der Waals surface area contributed by atoms with Gasteiger partial charge in [0, 0.05) is 5.92 Å². The third-order valence-corrected chi connectivity index (χ3v) is 3.55. The van der Waals surface area contributed by atoms with Crippen LogP contribution in [-0.4, -0.2) is 21.0 Å². The van der Waals surface area contributed by atoms with E-state index >= 15 is 0 Å². The van der Waals surface area contributed by atoms with Crippen LogP contribution in [0.1, 0.15) is 22.6 Å². The van der Waals surface area contributed by atoms with Crippen molar-refractivity contribution >= 4 is 11.8 Å². The summed E-state index contributed by atoms with van der Waals surface area (Å²) in [5, 5.41) is 11.8. The Morgan fingerprint density at radius 2 is 1.82 bits per heavy atom. The van der Waals surface area contributed by atoms with Crippen molar-refractivity contribution in [3.8, 4) is 0 Å². The second-order valence-corrected chi connectivity index (χ2v) is 5.10. The standard InChI is InChI=1S/C15H13N3O4/c1-7-2-4-8(5-3-7)9-6-10(14(20)21)16-12-11(9)13(19)18-15(22)17-12/h2-6,9H,1H3,(H,20,21)(H3,16,17,18,19,22). The van der Waals surface area contributed by atoms with Gasteiger partial charge in [-0.2, -0.15) is 0 Å². The number of rotatable bonds is 2. The minimum atomic E-state index is -1.16. The molecule has 0 saturated carbocycles. The Hall–Kier alpha value is -3.09. The van der Waals surface area contributed by atoms with Crippen molar-refractivity contribution in [3.05, 3.63) is 73.6 Å². The van der Waals surface area contributed by atoms with Gasteiger partial charge < -0.3 is 10.4 Å². The number of fused-ring (bicyclic) bond motifs is 1. The quantitative estimate of drug-likeness (QED) is 0.657. The van der Waals surface area contributed by atoms with Crippen LogP contribution in [0, 0.1) is 6.92 Å². The van der Waals surface area contributed by atoms with E-state index in [2.05, 4.69) is 15.3 Å². The first-order valence-corrected chi connectivity index (χ1v) is 6.61. The third kappa shape index (κ3) is 2.32. The minimum absolute atomic E-state index is 0.0840. The molecule has 0 amide bonds. The van der Waals surface area contributed by atoms with Crippen LogP contribution < -0.4 is 16.6 Å². The minimum Gasteiger partial charge on any atom is -0.477 e. The van der Waals surface area contributed by atoms with Crippen molar-refractivity contribution < 1.29 is 9.90 Å². The second-order valence-electron chi connectivity index (χ2n) is 5.10. The van der Waals surface area contributed by atoms with Gasteiger partial charge in [0.2, 0.25) is 0 Å². The molecular weight excluding hydrogens is 286 g/mol. The van der Waals surface area contributed by atoms with Gasteiger partial charge in [-0.25, -0.2) is 9.59 Å². The van der Waals surface area contributed by atoms with Crippen LogP contribution >= 0.6 is 0 Å². The Kier molecular flexibility index (Phi) is 3.17. The van der Waals surface area contributed by atoms with Crippen molar-refractivity contribution in [3.63, 3.8) is 0 Å². The zero-order chi connectivity index (χ0) is 15.9. The molecule has 0 saturated heterocycles. The van der Waals surface area contributed by atoms with E-state index < -0.39 is 23.1 Å². The number of benzene rings is 1. The van der Waals surface area contributed by atoms with E-state index in [1.807, 2.05) is 31.2 Å². The maximum atomic E-state index is 12.1. The molecule has 0 bridgehead atoms. The number of carboxylic acid groups (broad SMARTS) is 1. The number of aliphatic carboxylic acids is 1. The number of H-pyrrole nitrogens is 2. The van der Waals surface area contributed by atoms with E-state index in [9.17, 15) is 19.5 Å². The molecule has 7 nitrogen and oxygen atoms in total. The van der Waals surface area contributed by atoms with E-state index in [-0.39, 0.29) is 17.1 Å². The Bertz CT molecular complexity index is 890. The SMILES string of the molecule is Cc1ccc(C2C=C(C(=O)O)Nc3[nH]c(=O)[nH]c(=O)c32)cc1. The molecule has 3 rings (SSSR count). The lowest BCUT2D eigenvalue weighted by Crippen LogP contribution is -2.32. The summed E-state index contributed by atoms with van der Waals surface area (Å²) >= 11 is 0. The smallest absolute Gasteiger partial charge is 0.352 e. The summed E-state index contributed by atoms with van der Waals surface area (Å²) in [6.45, 7) is 1.93. The highest BCUT2D eigenvalue weighted by Crippen LogP contribution is 2.32. The highest BCUT2D eigenvalue weighted by molar-refractivity contribution is 5.91. The zero-order valence-electron chi connectivity index (χ0n) is 11.6. The number of anilines is 1. The number of hydrogen-bond acceptors (Lipinski definition) is 4. The first-order valence-electron chi connectivity index (χ1n) is 6.61. The summed E-state index contributed by atoms with van der Waals surface area (Å²) in [5.74, 6) is -1.60. The summed E-state index contributed by atoms with van der Waals surface area (Å²) in [4.78, 5) is 39.4. The zero-order valence-corrected chi connectivity index (χ0v) is 11.6. The molecule has 1 aromatic carbocycles. The van der Waals surface area contributed by atoms with Crippen molar-refractivity contribution in [2.24, 2.45) is 0 Å². The second kappa shape index (κ2) is 5.03. The molecule has 112 valence electrons. The van der Waals surface area contributed by atoms with E-state index in [1.54, 1.807) is 0 Å². The largest absolute Gasteiger partial charge is 0.477 e. The normalized spacial score (nSPS) is 16.4. The highest BCUT2D eigenvalue weighted by Gasteiger charge is 2.28. The van der Waals surface area contributed by atoms with Crippen molar-refractivity contribution in [2.45, 2.75) is 12.8 Å². The van der Waals surface area contributed by atoms with Crippen LogP contribution in [0.15, 0.2) is 45.6 Å². The molecule has 1 atom stereocenters. The van der Waals surface area contributed by atoms with E-state index in [4.69, 9.17) is 0 Å². The summed E-state index contributed by atoms with van der Waals surface area (Å²) in [6.07, 6.45) is 1.46. The third-order valence-electron chi connectivity index (χ3n) is 3.55. The number of aromatic amines is 2. The first-order chi connectivity index (χ1) is 10.5. The predicted molar refractivity (Wildman–Crippen MR) is 80.0 cm³/mol. The van der Waals surface area contributed by atoms with Gasteiger partial charge in [0.25, 0.3) is 5.56 Å². The van der Waals surface area contributed by atoms with Crippen molar-refractivity contribution in [1.29, 1.82) is 0 Å². The number of allylic oxidation sites excluding steroid dienone is 1.